The number of aromatic nitrogens is 2. The van der Waals surface area contributed by atoms with Gasteiger partial charge in [0.25, 0.3) is 0 Å². The van der Waals surface area contributed by atoms with Crippen molar-refractivity contribution < 1.29 is 9.90 Å². The van der Waals surface area contributed by atoms with Crippen LogP contribution in [0.25, 0.3) is 11.0 Å². The minimum atomic E-state index is -0.488. The van der Waals surface area contributed by atoms with Crippen molar-refractivity contribution in [2.45, 2.75) is 46.4 Å². The first kappa shape index (κ1) is 17.3. The maximum absolute atomic E-state index is 12.3. The van der Waals surface area contributed by atoms with Gasteiger partial charge in [-0.15, -0.1) is 0 Å². The number of benzene rings is 1. The minimum Gasteiger partial charge on any atom is -0.392 e. The molecule has 0 radical (unpaired) electrons. The summed E-state index contributed by atoms with van der Waals surface area (Å²) in [6.07, 6.45) is -0.488. The van der Waals surface area contributed by atoms with E-state index in [9.17, 15) is 9.90 Å². The normalized spacial score (nSPS) is 14.0. The highest BCUT2D eigenvalue weighted by atomic mass is 16.3. The molecular formula is C17H26N4O2. The highest BCUT2D eigenvalue weighted by Crippen LogP contribution is 2.19. The first-order valence-electron chi connectivity index (χ1n) is 8.05. The summed E-state index contributed by atoms with van der Waals surface area (Å²) in [6.45, 7) is 8.44. The van der Waals surface area contributed by atoms with Gasteiger partial charge in [0.2, 0.25) is 11.9 Å². The van der Waals surface area contributed by atoms with Crippen molar-refractivity contribution in [1.82, 2.24) is 14.9 Å². The fourth-order valence-electron chi connectivity index (χ4n) is 2.22. The molecule has 6 nitrogen and oxygen atoms in total. The third kappa shape index (κ3) is 4.45. The lowest BCUT2D eigenvalue weighted by Gasteiger charge is -2.18. The monoisotopic (exact) mass is 318 g/mol. The summed E-state index contributed by atoms with van der Waals surface area (Å²) in [7, 11) is 0. The lowest BCUT2D eigenvalue weighted by Crippen LogP contribution is -2.38. The SMILES string of the molecule is CC(C)[C@@H](C)NC(=O)Cn1c(NC[C@H](C)O)nc2ccccc21. The van der Waals surface area contributed by atoms with Crippen molar-refractivity contribution in [1.29, 1.82) is 0 Å². The van der Waals surface area contributed by atoms with E-state index in [1.165, 1.54) is 0 Å². The van der Waals surface area contributed by atoms with Crippen LogP contribution in [0.4, 0.5) is 5.95 Å². The Morgan fingerprint density at radius 3 is 2.61 bits per heavy atom. The molecular weight excluding hydrogens is 292 g/mol. The van der Waals surface area contributed by atoms with Crippen LogP contribution in [0.5, 0.6) is 0 Å². The fraction of sp³-hybridized carbons (Fsp3) is 0.529. The Balaban J connectivity index is 2.22. The van der Waals surface area contributed by atoms with E-state index in [0.29, 0.717) is 18.4 Å². The van der Waals surface area contributed by atoms with E-state index in [0.717, 1.165) is 11.0 Å². The third-order valence-electron chi connectivity index (χ3n) is 3.90. The van der Waals surface area contributed by atoms with Gasteiger partial charge in [0.15, 0.2) is 0 Å². The van der Waals surface area contributed by atoms with E-state index in [1.54, 1.807) is 6.92 Å². The summed E-state index contributed by atoms with van der Waals surface area (Å²) in [5, 5.41) is 15.6. The van der Waals surface area contributed by atoms with Gasteiger partial charge < -0.3 is 20.3 Å². The molecule has 2 atom stereocenters. The number of imidazole rings is 1. The van der Waals surface area contributed by atoms with E-state index in [-0.39, 0.29) is 18.5 Å². The molecule has 0 saturated carbocycles. The van der Waals surface area contributed by atoms with E-state index < -0.39 is 6.10 Å². The number of fused-ring (bicyclic) bond motifs is 1. The number of nitrogens with zero attached hydrogens (tertiary/aromatic N) is 2. The van der Waals surface area contributed by atoms with Crippen LogP contribution in [-0.4, -0.2) is 39.3 Å². The van der Waals surface area contributed by atoms with Gasteiger partial charge in [0, 0.05) is 12.6 Å². The number of para-hydroxylation sites is 2. The number of nitrogens with one attached hydrogen (secondary N) is 2. The van der Waals surface area contributed by atoms with Crippen molar-refractivity contribution in [3.05, 3.63) is 24.3 Å². The number of aliphatic hydroxyl groups is 1. The number of amides is 1. The van der Waals surface area contributed by atoms with Gasteiger partial charge in [-0.05, 0) is 31.9 Å². The minimum absolute atomic E-state index is 0.0468. The van der Waals surface area contributed by atoms with Crippen molar-refractivity contribution in [2.75, 3.05) is 11.9 Å². The van der Waals surface area contributed by atoms with Gasteiger partial charge in [0.1, 0.15) is 6.54 Å². The second-order valence-corrected chi connectivity index (χ2v) is 6.34. The predicted octanol–water partition coefficient (Wildman–Crippen LogP) is 1.99. The maximum atomic E-state index is 12.3. The van der Waals surface area contributed by atoms with E-state index in [1.807, 2.05) is 35.8 Å². The molecule has 0 spiro atoms. The van der Waals surface area contributed by atoms with Crippen LogP contribution in [0.3, 0.4) is 0 Å². The summed E-state index contributed by atoms with van der Waals surface area (Å²) in [6, 6.07) is 7.81. The average molecular weight is 318 g/mol. The van der Waals surface area contributed by atoms with Gasteiger partial charge in [0.05, 0.1) is 17.1 Å². The molecule has 0 unspecified atom stereocenters. The smallest absolute Gasteiger partial charge is 0.240 e. The second kappa shape index (κ2) is 7.46. The Hall–Kier alpha value is -2.08. The van der Waals surface area contributed by atoms with Gasteiger partial charge in [-0.25, -0.2) is 4.98 Å². The zero-order valence-corrected chi connectivity index (χ0v) is 14.2. The summed E-state index contributed by atoms with van der Waals surface area (Å²) in [5.41, 5.74) is 1.72. The predicted molar refractivity (Wildman–Crippen MR) is 92.3 cm³/mol. The molecule has 0 saturated heterocycles. The summed E-state index contributed by atoms with van der Waals surface area (Å²) >= 11 is 0. The molecule has 1 amide bonds. The molecule has 2 rings (SSSR count). The number of carbonyl (C=O) groups is 1. The van der Waals surface area contributed by atoms with Crippen LogP contribution in [0, 0.1) is 5.92 Å². The molecule has 0 fully saturated rings. The molecule has 0 aliphatic rings. The molecule has 1 aromatic carbocycles. The molecule has 3 N–H and O–H groups in total. The number of aliphatic hydroxyl groups excluding tert-OH is 1. The topological polar surface area (TPSA) is 79.2 Å². The van der Waals surface area contributed by atoms with Crippen molar-refractivity contribution in [3.63, 3.8) is 0 Å². The number of hydrogen-bond donors (Lipinski definition) is 3. The highest BCUT2D eigenvalue weighted by molar-refractivity contribution is 5.83. The van der Waals surface area contributed by atoms with Crippen LogP contribution in [0.2, 0.25) is 0 Å². The Labute approximate surface area is 136 Å². The quantitative estimate of drug-likeness (QED) is 0.729. The van der Waals surface area contributed by atoms with Crippen LogP contribution < -0.4 is 10.6 Å². The number of carbonyl (C=O) groups excluding carboxylic acids is 1. The third-order valence-corrected chi connectivity index (χ3v) is 3.90. The molecule has 126 valence electrons. The molecule has 6 heteroatoms. The zero-order chi connectivity index (χ0) is 17.0. The summed E-state index contributed by atoms with van der Waals surface area (Å²) in [5.74, 6) is 0.931. The molecule has 1 heterocycles. The fourth-order valence-corrected chi connectivity index (χ4v) is 2.22. The lowest BCUT2D eigenvalue weighted by molar-refractivity contribution is -0.122. The zero-order valence-electron chi connectivity index (χ0n) is 14.2. The molecule has 23 heavy (non-hydrogen) atoms. The Bertz CT molecular complexity index is 664. The van der Waals surface area contributed by atoms with Crippen LogP contribution in [0.15, 0.2) is 24.3 Å². The summed E-state index contributed by atoms with van der Waals surface area (Å²) < 4.78 is 1.85. The maximum Gasteiger partial charge on any atom is 0.240 e. The molecule has 0 bridgehead atoms. The Morgan fingerprint density at radius 2 is 1.96 bits per heavy atom. The first-order valence-corrected chi connectivity index (χ1v) is 8.05. The second-order valence-electron chi connectivity index (χ2n) is 6.34. The van der Waals surface area contributed by atoms with Crippen LogP contribution >= 0.6 is 0 Å². The average Bonchev–Trinajstić information content (AvgIpc) is 2.83. The molecule has 2 aromatic rings. The van der Waals surface area contributed by atoms with E-state index in [2.05, 4.69) is 29.5 Å². The number of hydrogen-bond acceptors (Lipinski definition) is 4. The number of rotatable bonds is 7. The largest absolute Gasteiger partial charge is 0.392 e. The highest BCUT2D eigenvalue weighted by Gasteiger charge is 2.16. The summed E-state index contributed by atoms with van der Waals surface area (Å²) in [4.78, 5) is 16.8. The van der Waals surface area contributed by atoms with Crippen LogP contribution in [0.1, 0.15) is 27.7 Å². The van der Waals surface area contributed by atoms with Gasteiger partial charge in [-0.1, -0.05) is 26.0 Å². The van der Waals surface area contributed by atoms with Crippen LogP contribution in [-0.2, 0) is 11.3 Å². The van der Waals surface area contributed by atoms with Gasteiger partial charge in [-0.3, -0.25) is 4.79 Å². The first-order chi connectivity index (χ1) is 10.9. The molecule has 1 aromatic heterocycles. The Morgan fingerprint density at radius 1 is 1.26 bits per heavy atom. The van der Waals surface area contributed by atoms with Gasteiger partial charge in [-0.2, -0.15) is 0 Å². The van der Waals surface area contributed by atoms with Gasteiger partial charge >= 0.3 is 0 Å². The van der Waals surface area contributed by atoms with E-state index in [4.69, 9.17) is 0 Å². The van der Waals surface area contributed by atoms with Crippen molar-refractivity contribution in [2.24, 2.45) is 5.92 Å². The Kier molecular flexibility index (Phi) is 5.60. The van der Waals surface area contributed by atoms with Crippen molar-refractivity contribution >= 4 is 22.9 Å². The standard InChI is InChI=1S/C17H26N4O2/c1-11(2)13(4)19-16(23)10-21-15-8-6-5-7-14(15)20-17(21)18-9-12(3)22/h5-8,11-13,22H,9-10H2,1-4H3,(H,18,20)(H,19,23)/t12-,13+/m0/s1. The van der Waals surface area contributed by atoms with E-state index >= 15 is 0 Å². The molecule has 0 aliphatic carbocycles. The lowest BCUT2D eigenvalue weighted by atomic mass is 10.1. The number of anilines is 1. The van der Waals surface area contributed by atoms with Crippen molar-refractivity contribution in [3.8, 4) is 0 Å². The molecule has 0 aliphatic heterocycles.